The van der Waals surface area contributed by atoms with E-state index in [1.54, 1.807) is 24.3 Å². The average molecular weight is 239 g/mol. The maximum atomic E-state index is 12.2. The predicted molar refractivity (Wildman–Crippen MR) is 56.8 cm³/mol. The first kappa shape index (κ1) is 11.4. The molecule has 0 saturated carbocycles. The van der Waals surface area contributed by atoms with E-state index in [4.69, 9.17) is 0 Å². The molecule has 2 rings (SSSR count). The number of hydrogen-bond acceptors (Lipinski definition) is 3. The predicted octanol–water partition coefficient (Wildman–Crippen LogP) is 3.24. The Morgan fingerprint density at radius 2 is 1.53 bits per heavy atom. The van der Waals surface area contributed by atoms with E-state index in [9.17, 15) is 13.2 Å². The van der Waals surface area contributed by atoms with Gasteiger partial charge in [-0.25, -0.2) is 9.97 Å². The number of aromatic nitrogens is 2. The second-order valence-corrected chi connectivity index (χ2v) is 3.28. The number of anilines is 2. The molecular formula is C11H8F3N3. The van der Waals surface area contributed by atoms with E-state index in [1.807, 2.05) is 6.07 Å². The highest BCUT2D eigenvalue weighted by Gasteiger charge is 2.31. The van der Waals surface area contributed by atoms with Gasteiger partial charge in [-0.1, -0.05) is 18.2 Å². The molecule has 0 atom stereocenters. The van der Waals surface area contributed by atoms with Gasteiger partial charge in [-0.3, -0.25) is 0 Å². The normalized spacial score (nSPS) is 11.2. The van der Waals surface area contributed by atoms with Crippen LogP contribution in [-0.4, -0.2) is 9.97 Å². The van der Waals surface area contributed by atoms with Crippen LogP contribution in [0.4, 0.5) is 24.8 Å². The molecule has 1 N–H and O–H groups in total. The smallest absolute Gasteiger partial charge is 0.324 e. The van der Waals surface area contributed by atoms with Crippen molar-refractivity contribution in [2.24, 2.45) is 0 Å². The van der Waals surface area contributed by atoms with Crippen molar-refractivity contribution in [1.82, 2.24) is 9.97 Å². The lowest BCUT2D eigenvalue weighted by atomic mass is 10.3. The molecule has 1 aromatic carbocycles. The summed E-state index contributed by atoms with van der Waals surface area (Å²) in [7, 11) is 0. The number of hydrogen-bond donors (Lipinski definition) is 1. The Bertz CT molecular complexity index is 480. The molecule has 17 heavy (non-hydrogen) atoms. The van der Waals surface area contributed by atoms with Crippen molar-refractivity contribution in [2.45, 2.75) is 6.18 Å². The lowest BCUT2D eigenvalue weighted by Gasteiger charge is -2.07. The van der Waals surface area contributed by atoms with Crippen molar-refractivity contribution < 1.29 is 13.2 Å². The van der Waals surface area contributed by atoms with Gasteiger partial charge in [-0.2, -0.15) is 13.2 Å². The summed E-state index contributed by atoms with van der Waals surface area (Å²) in [6.07, 6.45) is -2.91. The molecule has 0 aliphatic rings. The molecule has 88 valence electrons. The molecular weight excluding hydrogens is 231 g/mol. The van der Waals surface area contributed by atoms with Gasteiger partial charge in [-0.05, 0) is 12.1 Å². The summed E-state index contributed by atoms with van der Waals surface area (Å²) in [4.78, 5) is 7.20. The van der Waals surface area contributed by atoms with E-state index in [0.29, 0.717) is 5.69 Å². The first-order valence-electron chi connectivity index (χ1n) is 4.77. The van der Waals surface area contributed by atoms with Gasteiger partial charge in [-0.15, -0.1) is 0 Å². The molecule has 0 amide bonds. The standard InChI is InChI=1S/C11H8F3N3/c12-11(13,14)8-6-15-10(16-7-8)17-9-4-2-1-3-5-9/h1-7H,(H,15,16,17). The molecule has 3 nitrogen and oxygen atoms in total. The van der Waals surface area contributed by atoms with E-state index in [0.717, 1.165) is 12.4 Å². The van der Waals surface area contributed by atoms with Crippen molar-refractivity contribution >= 4 is 11.6 Å². The van der Waals surface area contributed by atoms with E-state index in [-0.39, 0.29) is 5.95 Å². The first-order chi connectivity index (χ1) is 8.05. The quantitative estimate of drug-likeness (QED) is 0.874. The number of halogens is 3. The van der Waals surface area contributed by atoms with Gasteiger partial charge in [0.15, 0.2) is 0 Å². The second kappa shape index (κ2) is 4.40. The highest BCUT2D eigenvalue weighted by atomic mass is 19.4. The molecule has 2 aromatic rings. The zero-order valence-corrected chi connectivity index (χ0v) is 8.57. The fraction of sp³-hybridized carbons (Fsp3) is 0.0909. The lowest BCUT2D eigenvalue weighted by Crippen LogP contribution is -2.07. The first-order valence-corrected chi connectivity index (χ1v) is 4.77. The second-order valence-electron chi connectivity index (χ2n) is 3.28. The van der Waals surface area contributed by atoms with Gasteiger partial charge in [0.05, 0.1) is 5.56 Å². The molecule has 0 fully saturated rings. The number of rotatable bonds is 2. The van der Waals surface area contributed by atoms with Crippen LogP contribution in [0.15, 0.2) is 42.7 Å². The van der Waals surface area contributed by atoms with Gasteiger partial charge in [0.1, 0.15) is 0 Å². The summed E-state index contributed by atoms with van der Waals surface area (Å²) in [5, 5.41) is 2.79. The van der Waals surface area contributed by atoms with Crippen molar-refractivity contribution in [1.29, 1.82) is 0 Å². The molecule has 6 heteroatoms. The number of nitrogens with one attached hydrogen (secondary N) is 1. The molecule has 1 aromatic heterocycles. The summed E-state index contributed by atoms with van der Waals surface area (Å²) in [6.45, 7) is 0. The summed E-state index contributed by atoms with van der Waals surface area (Å²) >= 11 is 0. The van der Waals surface area contributed by atoms with Crippen LogP contribution in [0.5, 0.6) is 0 Å². The summed E-state index contributed by atoms with van der Waals surface area (Å²) in [5.41, 5.74) is -0.150. The minimum atomic E-state index is -4.41. The summed E-state index contributed by atoms with van der Waals surface area (Å²) < 4.78 is 36.7. The van der Waals surface area contributed by atoms with Crippen LogP contribution in [-0.2, 0) is 6.18 Å². The zero-order chi connectivity index (χ0) is 12.3. The highest BCUT2D eigenvalue weighted by Crippen LogP contribution is 2.28. The van der Waals surface area contributed by atoms with Gasteiger partial charge in [0, 0.05) is 18.1 Å². The Hall–Kier alpha value is -2.11. The highest BCUT2D eigenvalue weighted by molar-refractivity contribution is 5.52. The third-order valence-electron chi connectivity index (χ3n) is 2.01. The fourth-order valence-electron chi connectivity index (χ4n) is 1.19. The van der Waals surface area contributed by atoms with E-state index in [1.165, 1.54) is 0 Å². The molecule has 0 radical (unpaired) electrons. The van der Waals surface area contributed by atoms with Crippen molar-refractivity contribution in [2.75, 3.05) is 5.32 Å². The largest absolute Gasteiger partial charge is 0.419 e. The van der Waals surface area contributed by atoms with Gasteiger partial charge >= 0.3 is 6.18 Å². The third kappa shape index (κ3) is 2.93. The molecule has 0 bridgehead atoms. The number of nitrogens with zero attached hydrogens (tertiary/aromatic N) is 2. The minimum Gasteiger partial charge on any atom is -0.324 e. The minimum absolute atomic E-state index is 0.129. The molecule has 0 spiro atoms. The molecule has 0 unspecified atom stereocenters. The van der Waals surface area contributed by atoms with Crippen molar-refractivity contribution in [3.8, 4) is 0 Å². The Balaban J connectivity index is 2.14. The van der Waals surface area contributed by atoms with Crippen LogP contribution in [0.25, 0.3) is 0 Å². The fourth-order valence-corrected chi connectivity index (χ4v) is 1.19. The van der Waals surface area contributed by atoms with Crippen LogP contribution in [0.3, 0.4) is 0 Å². The molecule has 1 heterocycles. The number of alkyl halides is 3. The molecule has 0 aliphatic heterocycles. The zero-order valence-electron chi connectivity index (χ0n) is 8.57. The Labute approximate surface area is 95.3 Å². The summed E-state index contributed by atoms with van der Waals surface area (Å²) in [6, 6.07) is 8.96. The van der Waals surface area contributed by atoms with E-state index in [2.05, 4.69) is 15.3 Å². The van der Waals surface area contributed by atoms with Crippen LogP contribution in [0, 0.1) is 0 Å². The van der Waals surface area contributed by atoms with Crippen LogP contribution in [0.2, 0.25) is 0 Å². The van der Waals surface area contributed by atoms with Crippen LogP contribution >= 0.6 is 0 Å². The monoisotopic (exact) mass is 239 g/mol. The number of benzene rings is 1. The summed E-state index contributed by atoms with van der Waals surface area (Å²) in [5.74, 6) is 0.129. The van der Waals surface area contributed by atoms with Crippen LogP contribution in [0.1, 0.15) is 5.56 Å². The maximum absolute atomic E-state index is 12.2. The van der Waals surface area contributed by atoms with Crippen molar-refractivity contribution in [3.05, 3.63) is 48.3 Å². The molecule has 0 aliphatic carbocycles. The van der Waals surface area contributed by atoms with Gasteiger partial charge < -0.3 is 5.32 Å². The van der Waals surface area contributed by atoms with Gasteiger partial charge in [0.2, 0.25) is 5.95 Å². The van der Waals surface area contributed by atoms with E-state index < -0.39 is 11.7 Å². The van der Waals surface area contributed by atoms with E-state index >= 15 is 0 Å². The number of para-hydroxylation sites is 1. The topological polar surface area (TPSA) is 37.8 Å². The SMILES string of the molecule is FC(F)(F)c1cnc(Nc2ccccc2)nc1. The lowest BCUT2D eigenvalue weighted by molar-refractivity contribution is -0.138. The third-order valence-corrected chi connectivity index (χ3v) is 2.01. The van der Waals surface area contributed by atoms with Gasteiger partial charge in [0.25, 0.3) is 0 Å². The van der Waals surface area contributed by atoms with Crippen molar-refractivity contribution in [3.63, 3.8) is 0 Å². The maximum Gasteiger partial charge on any atom is 0.419 e. The average Bonchev–Trinajstić information content (AvgIpc) is 2.30. The van der Waals surface area contributed by atoms with Crippen LogP contribution < -0.4 is 5.32 Å². The Morgan fingerprint density at radius 3 is 2.06 bits per heavy atom. The Kier molecular flexibility index (Phi) is 2.95. The molecule has 0 saturated heterocycles. The Morgan fingerprint density at radius 1 is 0.941 bits per heavy atom.